The molecule has 154 valence electrons. The lowest BCUT2D eigenvalue weighted by Crippen LogP contribution is -2.47. The third-order valence-electron chi connectivity index (χ3n) is 5.39. The molecule has 1 aliphatic rings. The Morgan fingerprint density at radius 3 is 2.83 bits per heavy atom. The van der Waals surface area contributed by atoms with Crippen LogP contribution in [0.1, 0.15) is 42.3 Å². The summed E-state index contributed by atoms with van der Waals surface area (Å²) in [7, 11) is 0. The molecule has 5 nitrogen and oxygen atoms in total. The highest BCUT2D eigenvalue weighted by Gasteiger charge is 2.42. The Morgan fingerprint density at radius 2 is 2.14 bits per heavy atom. The van der Waals surface area contributed by atoms with Gasteiger partial charge in [0.1, 0.15) is 0 Å². The number of aryl methyl sites for hydroxylation is 1. The lowest BCUT2D eigenvalue weighted by Gasteiger charge is -2.42. The first kappa shape index (κ1) is 20.2. The molecule has 0 unspecified atom stereocenters. The van der Waals surface area contributed by atoms with E-state index in [-0.39, 0.29) is 0 Å². The molecule has 1 aliphatic heterocycles. The van der Waals surface area contributed by atoms with E-state index in [1.807, 2.05) is 13.0 Å². The minimum Gasteiger partial charge on any atom is -0.408 e. The van der Waals surface area contributed by atoms with Gasteiger partial charge in [0, 0.05) is 22.3 Å². The second kappa shape index (κ2) is 7.28. The summed E-state index contributed by atoms with van der Waals surface area (Å²) in [4.78, 5) is 20.3. The highest BCUT2D eigenvalue weighted by molar-refractivity contribution is 9.10. The van der Waals surface area contributed by atoms with Gasteiger partial charge in [0.25, 0.3) is 0 Å². The van der Waals surface area contributed by atoms with E-state index in [9.17, 15) is 18.0 Å². The van der Waals surface area contributed by atoms with Crippen LogP contribution in [0.2, 0.25) is 0 Å². The van der Waals surface area contributed by atoms with E-state index in [1.165, 1.54) is 4.90 Å². The van der Waals surface area contributed by atoms with Gasteiger partial charge in [-0.05, 0) is 59.0 Å². The molecular weight excluding hydrogens is 451 g/mol. The van der Waals surface area contributed by atoms with Crippen LogP contribution in [-0.4, -0.2) is 33.6 Å². The number of oxazole rings is 1. The van der Waals surface area contributed by atoms with Crippen molar-refractivity contribution in [1.29, 1.82) is 0 Å². The first-order valence-electron chi connectivity index (χ1n) is 9.29. The number of nitrogens with zero attached hydrogens (tertiary/aromatic N) is 2. The van der Waals surface area contributed by atoms with Gasteiger partial charge in [-0.15, -0.1) is 0 Å². The average Bonchev–Trinajstić information content (AvgIpc) is 3.02. The standard InChI is InChI=1S/C20H19BrF3N3O2/c1-3-11-7-12(21)8-25-16(11)17-13-4-5-15-18(29-19(28)26-15)14(13)6-10(2)27(17)9-20(22,23)24/h4-5,7-8,10,17H,3,6,9H2,1-2H3,(H,26,28)/t10-,17+/m1/s1. The van der Waals surface area contributed by atoms with Crippen molar-refractivity contribution in [3.05, 3.63) is 61.8 Å². The van der Waals surface area contributed by atoms with Gasteiger partial charge in [-0.3, -0.25) is 14.9 Å². The van der Waals surface area contributed by atoms with E-state index in [0.29, 0.717) is 35.2 Å². The maximum absolute atomic E-state index is 13.4. The summed E-state index contributed by atoms with van der Waals surface area (Å²) in [5.74, 6) is -0.577. The van der Waals surface area contributed by atoms with Gasteiger partial charge in [0.05, 0.1) is 23.8 Å². The Kier molecular flexibility index (Phi) is 5.06. The van der Waals surface area contributed by atoms with Gasteiger partial charge < -0.3 is 4.42 Å². The number of aromatic nitrogens is 2. The van der Waals surface area contributed by atoms with Gasteiger partial charge in [0.2, 0.25) is 0 Å². The van der Waals surface area contributed by atoms with Crippen LogP contribution in [-0.2, 0) is 12.8 Å². The number of benzene rings is 1. The van der Waals surface area contributed by atoms with Crippen LogP contribution in [0.25, 0.3) is 11.1 Å². The van der Waals surface area contributed by atoms with E-state index < -0.39 is 30.6 Å². The molecule has 0 bridgehead atoms. The van der Waals surface area contributed by atoms with E-state index in [2.05, 4.69) is 25.9 Å². The minimum absolute atomic E-state index is 0.345. The maximum atomic E-state index is 13.4. The Morgan fingerprint density at radius 1 is 1.38 bits per heavy atom. The molecule has 3 aromatic rings. The predicted molar refractivity (Wildman–Crippen MR) is 106 cm³/mol. The fourth-order valence-electron chi connectivity index (χ4n) is 4.18. The minimum atomic E-state index is -4.35. The number of hydrogen-bond acceptors (Lipinski definition) is 4. The van der Waals surface area contributed by atoms with Crippen molar-refractivity contribution in [3.8, 4) is 0 Å². The van der Waals surface area contributed by atoms with Gasteiger partial charge >= 0.3 is 11.9 Å². The number of alkyl halides is 3. The van der Waals surface area contributed by atoms with Crippen molar-refractivity contribution in [3.63, 3.8) is 0 Å². The Bertz CT molecular complexity index is 1120. The number of rotatable bonds is 3. The zero-order chi connectivity index (χ0) is 20.9. The lowest BCUT2D eigenvalue weighted by molar-refractivity contribution is -0.155. The van der Waals surface area contributed by atoms with Crippen LogP contribution in [0.3, 0.4) is 0 Å². The fourth-order valence-corrected chi connectivity index (χ4v) is 4.56. The van der Waals surface area contributed by atoms with E-state index in [4.69, 9.17) is 4.42 Å². The molecule has 1 aromatic carbocycles. The molecule has 0 spiro atoms. The maximum Gasteiger partial charge on any atom is 0.417 e. The fraction of sp³-hybridized carbons (Fsp3) is 0.400. The number of fused-ring (bicyclic) bond motifs is 3. The van der Waals surface area contributed by atoms with Crippen molar-refractivity contribution in [1.82, 2.24) is 14.9 Å². The van der Waals surface area contributed by atoms with Gasteiger partial charge in [0.15, 0.2) is 5.58 Å². The number of aromatic amines is 1. The number of nitrogens with one attached hydrogen (secondary N) is 1. The van der Waals surface area contributed by atoms with Crippen molar-refractivity contribution in [2.75, 3.05) is 6.54 Å². The predicted octanol–water partition coefficient (Wildman–Crippen LogP) is 4.74. The lowest BCUT2D eigenvalue weighted by atomic mass is 9.84. The summed E-state index contributed by atoms with van der Waals surface area (Å²) >= 11 is 3.39. The first-order chi connectivity index (χ1) is 13.7. The largest absolute Gasteiger partial charge is 0.417 e. The van der Waals surface area contributed by atoms with Crippen LogP contribution >= 0.6 is 15.9 Å². The average molecular weight is 470 g/mol. The molecule has 2 atom stereocenters. The van der Waals surface area contributed by atoms with E-state index >= 15 is 0 Å². The molecule has 0 saturated carbocycles. The van der Waals surface area contributed by atoms with Crippen molar-refractivity contribution in [2.24, 2.45) is 0 Å². The van der Waals surface area contributed by atoms with Crippen molar-refractivity contribution >= 4 is 27.0 Å². The molecule has 0 saturated heterocycles. The Balaban J connectivity index is 1.97. The molecule has 0 fully saturated rings. The zero-order valence-electron chi connectivity index (χ0n) is 15.8. The van der Waals surface area contributed by atoms with Gasteiger partial charge in [-0.25, -0.2) is 4.79 Å². The molecule has 29 heavy (non-hydrogen) atoms. The van der Waals surface area contributed by atoms with Crippen LogP contribution in [0.5, 0.6) is 0 Å². The highest BCUT2D eigenvalue weighted by Crippen LogP contribution is 2.42. The zero-order valence-corrected chi connectivity index (χ0v) is 17.4. The number of pyridine rings is 1. The molecule has 1 N–H and O–H groups in total. The van der Waals surface area contributed by atoms with Gasteiger partial charge in [-0.2, -0.15) is 13.2 Å². The molecule has 4 rings (SSSR count). The molecule has 3 heterocycles. The molecule has 0 aliphatic carbocycles. The summed E-state index contributed by atoms with van der Waals surface area (Å²) in [5, 5.41) is 0. The van der Waals surface area contributed by atoms with E-state index in [1.54, 1.807) is 25.3 Å². The number of H-pyrrole nitrogens is 1. The highest BCUT2D eigenvalue weighted by atomic mass is 79.9. The molecule has 2 aromatic heterocycles. The van der Waals surface area contributed by atoms with Crippen LogP contribution in [0.4, 0.5) is 13.2 Å². The third-order valence-corrected chi connectivity index (χ3v) is 5.82. The molecule has 0 radical (unpaired) electrons. The Labute approximate surface area is 173 Å². The van der Waals surface area contributed by atoms with Crippen LogP contribution in [0, 0.1) is 0 Å². The van der Waals surface area contributed by atoms with E-state index in [0.717, 1.165) is 15.6 Å². The summed E-state index contributed by atoms with van der Waals surface area (Å²) in [6, 6.07) is 4.23. The normalized spacial score (nSPS) is 20.2. The smallest absolute Gasteiger partial charge is 0.408 e. The Hall–Kier alpha value is -2.13. The first-order valence-corrected chi connectivity index (χ1v) is 10.1. The SMILES string of the molecule is CCc1cc(Br)cnc1[C@@H]1c2ccc3[nH]c(=O)oc3c2C[C@@H](C)N1CC(F)(F)F. The third kappa shape index (κ3) is 3.73. The number of halogens is 4. The summed E-state index contributed by atoms with van der Waals surface area (Å²) in [6.45, 7) is 2.66. The topological polar surface area (TPSA) is 62.1 Å². The summed E-state index contributed by atoms with van der Waals surface area (Å²) < 4.78 is 46.4. The molecule has 9 heteroatoms. The molecular formula is C20H19BrF3N3O2. The molecule has 0 amide bonds. The second-order valence-corrected chi connectivity index (χ2v) is 8.23. The summed E-state index contributed by atoms with van der Waals surface area (Å²) in [5.41, 5.74) is 3.85. The second-order valence-electron chi connectivity index (χ2n) is 7.32. The van der Waals surface area contributed by atoms with Gasteiger partial charge in [-0.1, -0.05) is 13.0 Å². The monoisotopic (exact) mass is 469 g/mol. The van der Waals surface area contributed by atoms with Crippen LogP contribution < -0.4 is 5.76 Å². The quantitative estimate of drug-likeness (QED) is 0.601. The number of hydrogen-bond donors (Lipinski definition) is 1. The van der Waals surface area contributed by atoms with Crippen LogP contribution in [0.15, 0.2) is 38.1 Å². The summed E-state index contributed by atoms with van der Waals surface area (Å²) in [6.07, 6.45) is -1.77. The van der Waals surface area contributed by atoms with Crippen molar-refractivity contribution < 1.29 is 17.6 Å². The van der Waals surface area contributed by atoms with Crippen molar-refractivity contribution in [2.45, 2.75) is 44.9 Å².